The van der Waals surface area contributed by atoms with Gasteiger partial charge in [0.15, 0.2) is 11.6 Å². The summed E-state index contributed by atoms with van der Waals surface area (Å²) in [7, 11) is 0. The molecule has 0 aliphatic rings. The van der Waals surface area contributed by atoms with Gasteiger partial charge in [0, 0.05) is 6.42 Å². The van der Waals surface area contributed by atoms with Gasteiger partial charge in [0.1, 0.15) is 0 Å². The first kappa shape index (κ1) is 17.1. The summed E-state index contributed by atoms with van der Waals surface area (Å²) in [6.07, 6.45) is 1.67. The molecule has 0 aliphatic carbocycles. The number of nitrogens with one attached hydrogen (secondary N) is 2. The van der Waals surface area contributed by atoms with E-state index in [1.54, 1.807) is 4.68 Å². The molecule has 2 aromatic rings. The van der Waals surface area contributed by atoms with Crippen LogP contribution in [0.15, 0.2) is 12.1 Å². The van der Waals surface area contributed by atoms with E-state index in [1.807, 2.05) is 26.0 Å². The normalized spacial score (nSPS) is 10.7. The van der Waals surface area contributed by atoms with Crippen molar-refractivity contribution in [1.82, 2.24) is 14.9 Å². The van der Waals surface area contributed by atoms with E-state index in [0.29, 0.717) is 33.7 Å². The van der Waals surface area contributed by atoms with Crippen LogP contribution in [-0.4, -0.2) is 21.5 Å². The van der Waals surface area contributed by atoms with E-state index >= 15 is 0 Å². The highest BCUT2D eigenvalue weighted by Crippen LogP contribution is 2.34. The smallest absolute Gasteiger partial charge is 0.214 e. The van der Waals surface area contributed by atoms with E-state index in [0.717, 1.165) is 24.2 Å². The molecule has 8 heteroatoms. The zero-order valence-corrected chi connectivity index (χ0v) is 14.8. The van der Waals surface area contributed by atoms with E-state index in [-0.39, 0.29) is 0 Å². The van der Waals surface area contributed by atoms with Gasteiger partial charge in [0.25, 0.3) is 0 Å². The average Bonchev–Trinajstić information content (AvgIpc) is 2.84. The molecule has 0 spiro atoms. The molecule has 1 aromatic heterocycles. The Kier molecular flexibility index (Phi) is 6.11. The number of aromatic amines is 1. The molecule has 0 saturated carbocycles. The van der Waals surface area contributed by atoms with E-state index in [4.69, 9.17) is 40.2 Å². The van der Waals surface area contributed by atoms with Crippen molar-refractivity contribution >= 4 is 35.4 Å². The van der Waals surface area contributed by atoms with E-state index in [1.165, 1.54) is 0 Å². The number of aromatic nitrogens is 3. The van der Waals surface area contributed by atoms with Crippen LogP contribution in [0.1, 0.15) is 31.7 Å². The van der Waals surface area contributed by atoms with Crippen LogP contribution in [-0.2, 0) is 13.0 Å². The Bertz CT molecular complexity index is 675. The lowest BCUT2D eigenvalue weighted by Crippen LogP contribution is -2.17. The minimum atomic E-state index is 0.504. The third-order valence-corrected chi connectivity index (χ3v) is 3.84. The van der Waals surface area contributed by atoms with Gasteiger partial charge in [0.05, 0.1) is 23.2 Å². The number of aryl methyl sites for hydroxylation is 1. The summed E-state index contributed by atoms with van der Waals surface area (Å²) in [5.74, 6) is 1.37. The fraction of sp³-hybridized carbons (Fsp3) is 0.429. The van der Waals surface area contributed by atoms with Crippen molar-refractivity contribution < 1.29 is 4.74 Å². The van der Waals surface area contributed by atoms with Crippen molar-refractivity contribution in [2.24, 2.45) is 0 Å². The first-order valence-electron chi connectivity index (χ1n) is 7.07. The van der Waals surface area contributed by atoms with Gasteiger partial charge in [-0.1, -0.05) is 37.0 Å². The van der Waals surface area contributed by atoms with Gasteiger partial charge >= 0.3 is 0 Å². The summed E-state index contributed by atoms with van der Waals surface area (Å²) in [5.41, 5.74) is 4.14. The fourth-order valence-corrected chi connectivity index (χ4v) is 2.81. The standard InChI is InChI=1S/C14H18Cl2N4OS/c1-3-5-21-13-10(15)6-9(7-11(13)16)8-17-20-12(4-2)18-19-14(20)22/h6-7,17H,3-5,8H2,1-2H3,(H,19,22). The second kappa shape index (κ2) is 7.85. The first-order valence-corrected chi connectivity index (χ1v) is 8.24. The summed E-state index contributed by atoms with van der Waals surface area (Å²) in [4.78, 5) is 0. The maximum absolute atomic E-state index is 6.24. The monoisotopic (exact) mass is 360 g/mol. The van der Waals surface area contributed by atoms with Crippen LogP contribution in [0.3, 0.4) is 0 Å². The molecule has 1 heterocycles. The van der Waals surface area contributed by atoms with Crippen molar-refractivity contribution in [3.05, 3.63) is 38.3 Å². The summed E-state index contributed by atoms with van der Waals surface area (Å²) in [5, 5.41) is 7.91. The van der Waals surface area contributed by atoms with E-state index < -0.39 is 0 Å². The minimum absolute atomic E-state index is 0.504. The van der Waals surface area contributed by atoms with Crippen LogP contribution in [0, 0.1) is 4.77 Å². The lowest BCUT2D eigenvalue weighted by atomic mass is 10.2. The lowest BCUT2D eigenvalue weighted by molar-refractivity contribution is 0.318. The van der Waals surface area contributed by atoms with Crippen LogP contribution in [0.5, 0.6) is 5.75 Å². The molecule has 0 fully saturated rings. The predicted molar refractivity (Wildman–Crippen MR) is 92.1 cm³/mol. The number of halogens is 2. The topological polar surface area (TPSA) is 54.9 Å². The molecule has 22 heavy (non-hydrogen) atoms. The maximum Gasteiger partial charge on any atom is 0.214 e. The van der Waals surface area contributed by atoms with Crippen molar-refractivity contribution in [3.8, 4) is 5.75 Å². The van der Waals surface area contributed by atoms with Gasteiger partial charge in [-0.3, -0.25) is 5.10 Å². The van der Waals surface area contributed by atoms with Gasteiger partial charge in [0.2, 0.25) is 4.77 Å². The third-order valence-electron chi connectivity index (χ3n) is 3.01. The van der Waals surface area contributed by atoms with Crippen LogP contribution < -0.4 is 10.2 Å². The Labute approximate surface area is 144 Å². The Morgan fingerprint density at radius 2 is 2.00 bits per heavy atom. The Morgan fingerprint density at radius 1 is 1.32 bits per heavy atom. The van der Waals surface area contributed by atoms with Gasteiger partial charge in [-0.25, -0.2) is 4.68 Å². The number of hydrogen-bond donors (Lipinski definition) is 2. The minimum Gasteiger partial charge on any atom is -0.490 e. The van der Waals surface area contributed by atoms with Gasteiger partial charge in [-0.2, -0.15) is 5.10 Å². The summed E-state index contributed by atoms with van der Waals surface area (Å²) in [6, 6.07) is 3.67. The number of nitrogens with zero attached hydrogens (tertiary/aromatic N) is 2. The van der Waals surface area contributed by atoms with Crippen molar-refractivity contribution in [1.29, 1.82) is 0 Å². The second-order valence-corrected chi connectivity index (χ2v) is 5.91. The highest BCUT2D eigenvalue weighted by atomic mass is 35.5. The average molecular weight is 361 g/mol. The van der Waals surface area contributed by atoms with Crippen LogP contribution >= 0.6 is 35.4 Å². The molecule has 1 aromatic carbocycles. The number of hydrogen-bond acceptors (Lipinski definition) is 4. The molecule has 0 bridgehead atoms. The molecule has 0 amide bonds. The molecule has 2 rings (SSSR count). The third kappa shape index (κ3) is 3.94. The highest BCUT2D eigenvalue weighted by molar-refractivity contribution is 7.71. The van der Waals surface area contributed by atoms with Gasteiger partial charge in [-0.15, -0.1) is 0 Å². The molecule has 0 atom stereocenters. The largest absolute Gasteiger partial charge is 0.490 e. The van der Waals surface area contributed by atoms with Crippen LogP contribution in [0.4, 0.5) is 0 Å². The summed E-state index contributed by atoms with van der Waals surface area (Å²) in [6.45, 7) is 5.14. The maximum atomic E-state index is 6.24. The predicted octanol–water partition coefficient (Wildman–Crippen LogP) is 4.34. The van der Waals surface area contributed by atoms with Gasteiger partial charge in [-0.05, 0) is 36.3 Å². The van der Waals surface area contributed by atoms with Crippen LogP contribution in [0.2, 0.25) is 10.0 Å². The van der Waals surface area contributed by atoms with Crippen molar-refractivity contribution in [2.45, 2.75) is 33.2 Å². The fourth-order valence-electron chi connectivity index (χ4n) is 1.96. The lowest BCUT2D eigenvalue weighted by Gasteiger charge is -2.13. The van der Waals surface area contributed by atoms with Crippen LogP contribution in [0.25, 0.3) is 0 Å². The highest BCUT2D eigenvalue weighted by Gasteiger charge is 2.10. The SMILES string of the molecule is CCCOc1c(Cl)cc(CNn2c(CC)n[nH]c2=S)cc1Cl. The Morgan fingerprint density at radius 3 is 2.59 bits per heavy atom. The molecule has 5 nitrogen and oxygen atoms in total. The van der Waals surface area contributed by atoms with E-state index in [2.05, 4.69) is 15.6 Å². The Hall–Kier alpha value is -1.24. The molecule has 120 valence electrons. The first-order chi connectivity index (χ1) is 10.6. The summed E-state index contributed by atoms with van der Waals surface area (Å²) >= 11 is 17.7. The number of H-pyrrole nitrogens is 1. The quantitative estimate of drug-likeness (QED) is 0.721. The number of benzene rings is 1. The van der Waals surface area contributed by atoms with Crippen molar-refractivity contribution in [2.75, 3.05) is 12.0 Å². The molecule has 0 aliphatic heterocycles. The molecule has 0 radical (unpaired) electrons. The zero-order valence-electron chi connectivity index (χ0n) is 12.4. The molecular formula is C14H18Cl2N4OS. The molecule has 2 N–H and O–H groups in total. The van der Waals surface area contributed by atoms with E-state index in [9.17, 15) is 0 Å². The Balaban J connectivity index is 2.14. The number of rotatable bonds is 7. The molecule has 0 unspecified atom stereocenters. The van der Waals surface area contributed by atoms with Gasteiger partial charge < -0.3 is 10.2 Å². The van der Waals surface area contributed by atoms with Crippen molar-refractivity contribution in [3.63, 3.8) is 0 Å². The zero-order chi connectivity index (χ0) is 16.1. The molecular weight excluding hydrogens is 343 g/mol. The summed E-state index contributed by atoms with van der Waals surface area (Å²) < 4.78 is 7.83. The second-order valence-electron chi connectivity index (χ2n) is 4.71. The number of ether oxygens (including phenoxy) is 1. The molecule has 0 saturated heterocycles.